The van der Waals surface area contributed by atoms with Crippen molar-refractivity contribution in [3.8, 4) is 0 Å². The molecule has 0 aliphatic rings. The van der Waals surface area contributed by atoms with Crippen LogP contribution in [0.2, 0.25) is 0 Å². The molecule has 152 valence electrons. The van der Waals surface area contributed by atoms with E-state index in [0.717, 1.165) is 20.2 Å². The van der Waals surface area contributed by atoms with Crippen LogP contribution in [0, 0.1) is 6.92 Å². The van der Waals surface area contributed by atoms with Gasteiger partial charge < -0.3 is 4.42 Å². The number of hydrogen-bond acceptors (Lipinski definition) is 8. The smallest absolute Gasteiger partial charge is 0.250 e. The highest BCUT2D eigenvalue weighted by atomic mass is 32.2. The summed E-state index contributed by atoms with van der Waals surface area (Å²) in [7, 11) is 0. The molecule has 0 spiro atoms. The highest BCUT2D eigenvalue weighted by Gasteiger charge is 2.09. The Morgan fingerprint density at radius 3 is 2.73 bits per heavy atom. The molecule has 4 rings (SSSR count). The lowest BCUT2D eigenvalue weighted by molar-refractivity contribution is -0.118. The van der Waals surface area contributed by atoms with Crippen LogP contribution < -0.4 is 5.43 Å². The predicted molar refractivity (Wildman–Crippen MR) is 123 cm³/mol. The molecule has 0 radical (unpaired) electrons. The number of hydrazone groups is 1. The monoisotopic (exact) mass is 454 g/mol. The van der Waals surface area contributed by atoms with E-state index in [2.05, 4.69) is 57.1 Å². The van der Waals surface area contributed by atoms with E-state index >= 15 is 0 Å². The largest absolute Gasteiger partial charge is 0.460 e. The van der Waals surface area contributed by atoms with E-state index in [0.29, 0.717) is 5.76 Å². The summed E-state index contributed by atoms with van der Waals surface area (Å²) in [5.41, 5.74) is 3.75. The number of benzene rings is 2. The second-order valence-corrected chi connectivity index (χ2v) is 9.71. The van der Waals surface area contributed by atoms with Gasteiger partial charge in [0.2, 0.25) is 0 Å². The summed E-state index contributed by atoms with van der Waals surface area (Å²) in [5, 5.41) is 14.8. The zero-order valence-corrected chi connectivity index (χ0v) is 18.5. The van der Waals surface area contributed by atoms with Gasteiger partial charge in [-0.25, -0.2) is 5.43 Å². The molecule has 2 aromatic carbocycles. The number of carbonyl (C=O) groups excluding carboxylic acids is 1. The zero-order valence-electron chi connectivity index (χ0n) is 16.1. The van der Waals surface area contributed by atoms with E-state index in [1.165, 1.54) is 45.6 Å². The number of furan rings is 1. The van der Waals surface area contributed by atoms with Gasteiger partial charge in [-0.3, -0.25) is 4.79 Å². The van der Waals surface area contributed by atoms with E-state index < -0.39 is 0 Å². The fraction of sp³-hybridized carbons (Fsp3) is 0.143. The standard InChI is InChI=1S/C21H18N4O2S3/c1-14-9-10-17(27-14)11-22-23-19(26)13-29-21-25-24-20(30-21)28-12-16-7-4-6-15-5-2-3-8-18(15)16/h2-11H,12-13H2,1H3,(H,23,26)/b22-11+. The van der Waals surface area contributed by atoms with Gasteiger partial charge in [0.1, 0.15) is 11.5 Å². The van der Waals surface area contributed by atoms with Crippen molar-refractivity contribution in [1.82, 2.24) is 15.6 Å². The number of nitrogens with one attached hydrogen (secondary N) is 1. The molecule has 0 saturated heterocycles. The van der Waals surface area contributed by atoms with Gasteiger partial charge in [0.05, 0.1) is 12.0 Å². The molecule has 4 aromatic rings. The SMILES string of the molecule is Cc1ccc(/C=N/NC(=O)CSc2nnc(SCc3cccc4ccccc34)s2)o1. The molecule has 1 amide bonds. The highest BCUT2D eigenvalue weighted by molar-refractivity contribution is 8.03. The second kappa shape index (κ2) is 9.92. The Morgan fingerprint density at radius 2 is 1.90 bits per heavy atom. The molecule has 0 atom stereocenters. The molecule has 0 aliphatic carbocycles. The average Bonchev–Trinajstić information content (AvgIpc) is 3.39. The molecule has 0 aliphatic heterocycles. The minimum atomic E-state index is -0.209. The van der Waals surface area contributed by atoms with Crippen LogP contribution >= 0.6 is 34.9 Å². The van der Waals surface area contributed by atoms with Crippen molar-refractivity contribution in [3.05, 3.63) is 71.7 Å². The number of nitrogens with zero attached hydrogens (tertiary/aromatic N) is 3. The molecule has 6 nitrogen and oxygen atoms in total. The lowest BCUT2D eigenvalue weighted by Crippen LogP contribution is -2.19. The first kappa shape index (κ1) is 20.6. The van der Waals surface area contributed by atoms with E-state index in [-0.39, 0.29) is 11.7 Å². The predicted octanol–water partition coefficient (Wildman–Crippen LogP) is 5.13. The molecule has 0 fully saturated rings. The zero-order chi connectivity index (χ0) is 20.8. The van der Waals surface area contributed by atoms with Gasteiger partial charge in [-0.2, -0.15) is 5.10 Å². The van der Waals surface area contributed by atoms with Crippen LogP contribution in [0.3, 0.4) is 0 Å². The number of aryl methyl sites for hydroxylation is 1. The summed E-state index contributed by atoms with van der Waals surface area (Å²) < 4.78 is 7.00. The summed E-state index contributed by atoms with van der Waals surface area (Å²) in [6.07, 6.45) is 1.47. The highest BCUT2D eigenvalue weighted by Crippen LogP contribution is 2.32. The van der Waals surface area contributed by atoms with Crippen LogP contribution in [0.1, 0.15) is 17.1 Å². The fourth-order valence-electron chi connectivity index (χ4n) is 2.72. The maximum absolute atomic E-state index is 11.9. The van der Waals surface area contributed by atoms with Crippen LogP contribution in [0.15, 0.2) is 72.8 Å². The third-order valence-corrected chi connectivity index (χ3v) is 7.33. The molecule has 2 heterocycles. The molecular weight excluding hydrogens is 436 g/mol. The number of fused-ring (bicyclic) bond motifs is 1. The Kier molecular flexibility index (Phi) is 6.83. The van der Waals surface area contributed by atoms with Crippen LogP contribution in [0.5, 0.6) is 0 Å². The molecule has 1 N–H and O–H groups in total. The first-order chi connectivity index (χ1) is 14.7. The molecule has 0 unspecified atom stereocenters. The van der Waals surface area contributed by atoms with Crippen LogP contribution in [-0.4, -0.2) is 28.1 Å². The van der Waals surface area contributed by atoms with Crippen molar-refractivity contribution in [2.75, 3.05) is 5.75 Å². The van der Waals surface area contributed by atoms with Gasteiger partial charge in [0, 0.05) is 5.75 Å². The first-order valence-corrected chi connectivity index (χ1v) is 11.9. The molecule has 0 saturated carbocycles. The van der Waals surface area contributed by atoms with Crippen molar-refractivity contribution < 1.29 is 9.21 Å². The summed E-state index contributed by atoms with van der Waals surface area (Å²) >= 11 is 4.49. The summed E-state index contributed by atoms with van der Waals surface area (Å²) in [6.45, 7) is 1.85. The van der Waals surface area contributed by atoms with Crippen LogP contribution in [-0.2, 0) is 10.5 Å². The average molecular weight is 455 g/mol. The van der Waals surface area contributed by atoms with Gasteiger partial charge in [-0.15, -0.1) is 10.2 Å². The molecule has 0 bridgehead atoms. The number of hydrogen-bond donors (Lipinski definition) is 1. The van der Waals surface area contributed by atoms with E-state index in [9.17, 15) is 4.79 Å². The number of rotatable bonds is 8. The third-order valence-electron chi connectivity index (χ3n) is 4.09. The summed E-state index contributed by atoms with van der Waals surface area (Å²) in [6, 6.07) is 18.3. The van der Waals surface area contributed by atoms with E-state index in [1.54, 1.807) is 17.8 Å². The Balaban J connectivity index is 1.26. The number of amides is 1. The van der Waals surface area contributed by atoms with Crippen molar-refractivity contribution >= 4 is 57.8 Å². The quantitative estimate of drug-likeness (QED) is 0.226. The molecule has 30 heavy (non-hydrogen) atoms. The minimum absolute atomic E-state index is 0.209. The van der Waals surface area contributed by atoms with E-state index in [4.69, 9.17) is 4.42 Å². The van der Waals surface area contributed by atoms with Crippen LogP contribution in [0.4, 0.5) is 0 Å². The molecular formula is C21H18N4O2S3. The number of aromatic nitrogens is 2. The van der Waals surface area contributed by atoms with Crippen molar-refractivity contribution in [3.63, 3.8) is 0 Å². The third kappa shape index (κ3) is 5.50. The lowest BCUT2D eigenvalue weighted by Gasteiger charge is -2.04. The second-order valence-electron chi connectivity index (χ2n) is 6.29. The fourth-order valence-corrected chi connectivity index (χ4v) is 5.54. The van der Waals surface area contributed by atoms with Crippen LogP contribution in [0.25, 0.3) is 10.8 Å². The van der Waals surface area contributed by atoms with E-state index in [1.807, 2.05) is 19.1 Å². The normalized spacial score (nSPS) is 11.4. The summed E-state index contributed by atoms with van der Waals surface area (Å²) in [5.74, 6) is 2.22. The minimum Gasteiger partial charge on any atom is -0.460 e. The Hall–Kier alpha value is -2.62. The molecule has 2 aromatic heterocycles. The van der Waals surface area contributed by atoms with Gasteiger partial charge in [0.25, 0.3) is 5.91 Å². The van der Waals surface area contributed by atoms with Gasteiger partial charge in [-0.05, 0) is 35.4 Å². The first-order valence-electron chi connectivity index (χ1n) is 9.11. The van der Waals surface area contributed by atoms with Crippen molar-refractivity contribution in [1.29, 1.82) is 0 Å². The Morgan fingerprint density at radius 1 is 1.10 bits per heavy atom. The maximum Gasteiger partial charge on any atom is 0.250 e. The van der Waals surface area contributed by atoms with Crippen molar-refractivity contribution in [2.45, 2.75) is 21.4 Å². The van der Waals surface area contributed by atoms with Gasteiger partial charge in [-0.1, -0.05) is 77.3 Å². The Bertz CT molecular complexity index is 1180. The topological polar surface area (TPSA) is 80.4 Å². The van der Waals surface area contributed by atoms with Crippen molar-refractivity contribution in [2.24, 2.45) is 5.10 Å². The number of thioether (sulfide) groups is 2. The van der Waals surface area contributed by atoms with Gasteiger partial charge >= 0.3 is 0 Å². The number of carbonyl (C=O) groups is 1. The lowest BCUT2D eigenvalue weighted by atomic mass is 10.1. The maximum atomic E-state index is 11.9. The molecule has 9 heteroatoms. The summed E-state index contributed by atoms with van der Waals surface area (Å²) in [4.78, 5) is 11.9. The van der Waals surface area contributed by atoms with Gasteiger partial charge in [0.15, 0.2) is 8.68 Å². The Labute approximate surface area is 186 Å².